The fraction of sp³-hybridized carbons (Fsp3) is 0.737. The number of carbonyl (C=O) groups is 18. The molecule has 0 unspecified atom stereocenters. The minimum Gasteiger partial charge on any atom is -0.480 e. The smallest absolute Gasteiger partial charge is 0.326 e. The zero-order valence-electron chi connectivity index (χ0n) is 87.7. The number of aliphatic carboxylic acids is 1. The molecule has 818 valence electrons. The predicted molar refractivity (Wildman–Crippen MR) is 542 cm³/mol. The van der Waals surface area contributed by atoms with Crippen molar-refractivity contribution in [2.75, 3.05) is 79.0 Å². The number of rotatable bonds is 64. The first kappa shape index (κ1) is 129. The first-order valence-electron chi connectivity index (χ1n) is 51.0. The first-order chi connectivity index (χ1) is 68.0. The van der Waals surface area contributed by atoms with E-state index in [4.69, 9.17) is 42.9 Å². The Hall–Kier alpha value is -10.9. The van der Waals surface area contributed by atoms with Crippen molar-refractivity contribution in [1.82, 2.24) is 90.4 Å². The number of carbonyl (C=O) groups excluding carboxylic acids is 17. The number of amides is 17. The third-order valence-corrected chi connectivity index (χ3v) is 23.9. The third-order valence-electron chi connectivity index (χ3n) is 23.9. The van der Waals surface area contributed by atoms with Crippen LogP contribution < -0.4 is 119 Å². The lowest BCUT2D eigenvalue weighted by Gasteiger charge is -2.33. The van der Waals surface area contributed by atoms with Gasteiger partial charge in [-0.05, 0) is 244 Å². The lowest BCUT2D eigenvalue weighted by Crippen LogP contribution is -2.65. The van der Waals surface area contributed by atoms with Crippen molar-refractivity contribution >= 4 is 106 Å². The summed E-state index contributed by atoms with van der Waals surface area (Å²) < 4.78 is 16.1. The van der Waals surface area contributed by atoms with Crippen LogP contribution in [-0.4, -0.2) is 297 Å². The van der Waals surface area contributed by atoms with Crippen LogP contribution in [0.3, 0.4) is 0 Å². The van der Waals surface area contributed by atoms with E-state index in [-0.39, 0.29) is 146 Å². The van der Waals surface area contributed by atoms with Crippen molar-refractivity contribution in [3.63, 3.8) is 0 Å². The second kappa shape index (κ2) is 70.0. The molecule has 0 aliphatic carbocycles. The van der Waals surface area contributed by atoms with Gasteiger partial charge in [0.1, 0.15) is 108 Å². The molecule has 0 saturated heterocycles. The number of nitrogens with two attached hydrogens (primary N) is 5. The van der Waals surface area contributed by atoms with Gasteiger partial charge in [0.25, 0.3) is 0 Å². The maximum atomic E-state index is 15.0. The highest BCUT2D eigenvalue weighted by molar-refractivity contribution is 6.02. The molecule has 45 heteroatoms. The number of carboxylic acids is 1. The quantitative estimate of drug-likeness (QED) is 0.0266. The fourth-order valence-electron chi connectivity index (χ4n) is 15.5. The molecule has 144 heavy (non-hydrogen) atoms. The van der Waals surface area contributed by atoms with Crippen LogP contribution in [0.1, 0.15) is 258 Å². The molecule has 0 bridgehead atoms. The van der Waals surface area contributed by atoms with Gasteiger partial charge in [-0.1, -0.05) is 112 Å². The molecule has 0 fully saturated rings. The van der Waals surface area contributed by atoms with Crippen molar-refractivity contribution in [3.8, 4) is 0 Å². The number of ether oxygens (including phenoxy) is 3. The number of benzene rings is 1. The first-order valence-corrected chi connectivity index (χ1v) is 51.0. The molecule has 1 aromatic rings. The number of hydrogen-bond acceptors (Lipinski definition) is 27. The fourth-order valence-corrected chi connectivity index (χ4v) is 15.5. The predicted octanol–water partition coefficient (Wildman–Crippen LogP) is -1.32. The average molecular weight is 2040 g/mol. The number of carboxylic acid groups (broad SMARTS) is 1. The Labute approximate surface area is 849 Å². The second-order valence-corrected chi connectivity index (χ2v) is 39.6. The van der Waals surface area contributed by atoms with E-state index in [1.165, 1.54) is 41.5 Å². The highest BCUT2D eigenvalue weighted by Crippen LogP contribution is 2.23. The minimum atomic E-state index is -1.93. The molecule has 17 atom stereocenters. The summed E-state index contributed by atoms with van der Waals surface area (Å²) in [6.07, 6.45) is 7.96. The maximum absolute atomic E-state index is 15.0. The normalized spacial score (nSPS) is 19.5. The van der Waals surface area contributed by atoms with Crippen molar-refractivity contribution in [3.05, 3.63) is 48.0 Å². The zero-order chi connectivity index (χ0) is 108. The summed E-state index contributed by atoms with van der Waals surface area (Å²) in [5.41, 5.74) is 25.4. The Kier molecular flexibility index (Phi) is 62.7. The summed E-state index contributed by atoms with van der Waals surface area (Å²) in [6, 6.07) is -11.8. The Bertz CT molecular complexity index is 4210. The van der Waals surface area contributed by atoms with Gasteiger partial charge in [0.15, 0.2) is 0 Å². The van der Waals surface area contributed by atoms with Gasteiger partial charge < -0.3 is 143 Å². The lowest BCUT2D eigenvalue weighted by molar-refractivity contribution is -0.142. The van der Waals surface area contributed by atoms with E-state index in [1.807, 2.05) is 0 Å². The molecule has 1 heterocycles. The Morgan fingerprint density at radius 3 is 1.33 bits per heavy atom. The molecule has 1 aliphatic rings. The molecule has 0 spiro atoms. The van der Waals surface area contributed by atoms with Crippen LogP contribution in [-0.2, 0) is 107 Å². The minimum absolute atomic E-state index is 0.0120. The van der Waals surface area contributed by atoms with Crippen molar-refractivity contribution in [2.24, 2.45) is 58.3 Å². The number of unbranched alkanes of at least 4 members (excludes halogenated alkanes) is 4. The maximum Gasteiger partial charge on any atom is 0.326 e. The molecule has 29 N–H and O–H groups in total. The average Bonchev–Trinajstić information content (AvgIpc) is 0.894. The van der Waals surface area contributed by atoms with E-state index in [9.17, 15) is 96.5 Å². The van der Waals surface area contributed by atoms with Gasteiger partial charge in [0, 0.05) is 13.0 Å². The summed E-state index contributed by atoms with van der Waals surface area (Å²) in [5, 5.41) is 66.4. The second-order valence-electron chi connectivity index (χ2n) is 39.6. The summed E-state index contributed by atoms with van der Waals surface area (Å²) in [7, 11) is 0. The number of nitrogens with one attached hydrogen (secondary N) is 17. The van der Waals surface area contributed by atoms with Gasteiger partial charge in [-0.2, -0.15) is 0 Å². The van der Waals surface area contributed by atoms with Gasteiger partial charge in [-0.15, -0.1) is 0 Å². The van der Waals surface area contributed by atoms with Gasteiger partial charge in [0.2, 0.25) is 100 Å². The third kappa shape index (κ3) is 50.7. The molecule has 0 saturated carbocycles. The molecule has 1 aromatic carbocycles. The van der Waals surface area contributed by atoms with Crippen LogP contribution in [0.5, 0.6) is 0 Å². The SMILES string of the molecule is CC(C)C[C@H](NC(=O)[C@H](C)NC(=O)[C@H](CCCCN)NC(=O)COCCOCCOCCN)C(=O)N[C@@H](C)C(=O)N[C@@H](CCCCN)C(=O)N[C@@H](Cc1ccccc1)C(=O)N[C@@H](CC(C)C)C(=O)N[C@H](C(=O)N[C@@H](CO)C(=O)N[C@@]1(C)CCC/C=C/CCC[C@@](C)(C(=O)N[C@@H](C)C(=O)N[C@@H](CC(C)C)C(=O)N[C@@H](CCCCN)C(=O)O)NC(=O)[C@H](CCCCN)NC(=O)[C@H](CC(C)C)NC(=O)[C@H](C)NC1=O)C(C)C. The van der Waals surface area contributed by atoms with Crippen LogP contribution in [0, 0.1) is 29.6 Å². The van der Waals surface area contributed by atoms with E-state index in [0.29, 0.717) is 103 Å². The molecule has 0 radical (unpaired) electrons. The van der Waals surface area contributed by atoms with Gasteiger partial charge in [-0.25, -0.2) is 4.79 Å². The number of aliphatic hydroxyl groups is 1. The molecule has 0 aromatic heterocycles. The van der Waals surface area contributed by atoms with Crippen LogP contribution in [0.15, 0.2) is 42.5 Å². The largest absolute Gasteiger partial charge is 0.480 e. The summed E-state index contributed by atoms with van der Waals surface area (Å²) >= 11 is 0. The van der Waals surface area contributed by atoms with Gasteiger partial charge in [0.05, 0.1) is 39.6 Å². The highest BCUT2D eigenvalue weighted by Gasteiger charge is 2.44. The van der Waals surface area contributed by atoms with Crippen LogP contribution >= 0.6 is 0 Å². The highest BCUT2D eigenvalue weighted by atomic mass is 16.5. The molecular weight excluding hydrogens is 1870 g/mol. The molecule has 45 nitrogen and oxygen atoms in total. The summed E-state index contributed by atoms with van der Waals surface area (Å²) in [5.74, 6) is -17.0. The van der Waals surface area contributed by atoms with E-state index < -0.39 is 221 Å². The summed E-state index contributed by atoms with van der Waals surface area (Å²) in [6.45, 7) is 27.0. The standard InChI is InChI=1S/C99H174N22O23/c1-59(2)52-73(113-82(125)65(12)105-85(128)69(36-24-30-42-100)109-79(123)58-144-51-50-143-49-48-142-47-46-104)87(130)106-64(11)81(124)110-70(37-25-31-43-101)86(129)117-77(56-68-34-22-21-23-35-68)90(133)116-76(55-62(7)8)91(134)119-80(63(9)10)94(137)118-78(57-122)93(136)121-99(16)41-29-20-18-17-19-28-40-98(15,96(140)107-67(14)84(127)115-75(54-61(5)6)89(132)112-72(95(138)139)39-27-33-45-103)120-92(135)71(38-26-32-44-102)111-88(131)74(53-60(3)4)114-83(126)66(13)108-97(99)141/h17-18,21-23,34-35,59-67,69-78,80,122H,19-20,24-33,36-58,100-104H2,1-16H3,(H,105,128)(H,106,130)(H,107,140)(H,108,141)(H,109,123)(H,110,124)(H,111,131)(H,112,132)(H,113,125)(H,114,126)(H,115,127)(H,116,133)(H,117,129)(H,118,137)(H,119,134)(H,120,135)(H,121,136)(H,138,139)/b18-17+/t64-,65-,66-,67-,69-,70-,71-,72-,73-,74-,75-,76-,77-,78-,80-,98-,99-/m0/s1. The molecule has 17 amide bonds. The van der Waals surface area contributed by atoms with E-state index in [0.717, 1.165) is 0 Å². The van der Waals surface area contributed by atoms with Crippen LogP contribution in [0.2, 0.25) is 0 Å². The Morgan fingerprint density at radius 1 is 0.417 bits per heavy atom. The van der Waals surface area contributed by atoms with E-state index in [1.54, 1.807) is 112 Å². The number of allylic oxidation sites excluding steroid dienone is 2. The van der Waals surface area contributed by atoms with Gasteiger partial charge >= 0.3 is 5.97 Å². The van der Waals surface area contributed by atoms with E-state index in [2.05, 4.69) is 90.4 Å². The van der Waals surface area contributed by atoms with Crippen LogP contribution in [0.25, 0.3) is 0 Å². The number of hydrogen-bond donors (Lipinski definition) is 24. The Balaban J connectivity index is 2.54. The number of aliphatic hydroxyl groups excluding tert-OH is 1. The molecule has 1 aliphatic heterocycles. The zero-order valence-corrected chi connectivity index (χ0v) is 87.7. The topological polar surface area (TPSA) is 710 Å². The molecule has 2 rings (SSSR count). The monoisotopic (exact) mass is 2040 g/mol. The Morgan fingerprint density at radius 2 is 0.833 bits per heavy atom. The van der Waals surface area contributed by atoms with E-state index >= 15 is 0 Å². The van der Waals surface area contributed by atoms with Crippen molar-refractivity contribution < 1.29 is 111 Å². The van der Waals surface area contributed by atoms with Gasteiger partial charge in [-0.3, -0.25) is 81.5 Å². The molecular formula is C99H174N22O23. The van der Waals surface area contributed by atoms with Crippen molar-refractivity contribution in [1.29, 1.82) is 0 Å². The lowest BCUT2D eigenvalue weighted by atomic mass is 9.91. The summed E-state index contributed by atoms with van der Waals surface area (Å²) in [4.78, 5) is 256. The van der Waals surface area contributed by atoms with Crippen molar-refractivity contribution in [2.45, 2.75) is 360 Å². The van der Waals surface area contributed by atoms with Crippen LogP contribution in [0.4, 0.5) is 0 Å².